The Hall–Kier alpha value is -3.74. The van der Waals surface area contributed by atoms with Crippen LogP contribution in [0.1, 0.15) is 41.8 Å². The topological polar surface area (TPSA) is 69.4 Å². The van der Waals surface area contributed by atoms with E-state index in [2.05, 4.69) is 94.4 Å². The normalized spacial score (nSPS) is 12.9. The summed E-state index contributed by atoms with van der Waals surface area (Å²) in [7, 11) is 0. The molecule has 0 spiro atoms. The molecule has 4 aromatic heterocycles. The van der Waals surface area contributed by atoms with E-state index in [1.54, 1.807) is 11.3 Å². The van der Waals surface area contributed by atoms with Gasteiger partial charge in [0.2, 0.25) is 0 Å². The van der Waals surface area contributed by atoms with E-state index in [0.29, 0.717) is 0 Å². The molecule has 0 fully saturated rings. The third-order valence-corrected chi connectivity index (χ3v) is 6.59. The van der Waals surface area contributed by atoms with Gasteiger partial charge in [-0.2, -0.15) is 16.4 Å². The number of allylic oxidation sites excluding steroid dienone is 4. The summed E-state index contributed by atoms with van der Waals surface area (Å²) in [6, 6.07) is 6.43. The van der Waals surface area contributed by atoms with E-state index in [1.807, 2.05) is 30.6 Å². The van der Waals surface area contributed by atoms with Gasteiger partial charge in [0.05, 0.1) is 11.0 Å². The molecule has 4 aromatic rings. The number of rotatable bonds is 9. The summed E-state index contributed by atoms with van der Waals surface area (Å²) >= 11 is 1.68. The molecule has 5 nitrogen and oxygen atoms in total. The highest BCUT2D eigenvalue weighted by Gasteiger charge is 2.14. The molecular formula is C29H31N5S. The fourth-order valence-corrected chi connectivity index (χ4v) is 4.61. The van der Waals surface area contributed by atoms with Gasteiger partial charge in [0.15, 0.2) is 0 Å². The van der Waals surface area contributed by atoms with Crippen LogP contribution in [0.2, 0.25) is 0 Å². The monoisotopic (exact) mass is 481 g/mol. The molecule has 0 aliphatic heterocycles. The Morgan fingerprint density at radius 1 is 1.20 bits per heavy atom. The second kappa shape index (κ2) is 11.1. The van der Waals surface area contributed by atoms with E-state index in [4.69, 9.17) is 0 Å². The number of H-pyrrole nitrogens is 2. The molecular weight excluding hydrogens is 450 g/mol. The lowest BCUT2D eigenvalue weighted by molar-refractivity contribution is 0.724. The number of aromatic amines is 2. The predicted molar refractivity (Wildman–Crippen MR) is 149 cm³/mol. The van der Waals surface area contributed by atoms with Gasteiger partial charge in [-0.05, 0) is 83.3 Å². The maximum Gasteiger partial charge on any atom is 0.116 e. The van der Waals surface area contributed by atoms with Crippen molar-refractivity contribution < 1.29 is 0 Å². The average molecular weight is 482 g/mol. The third kappa shape index (κ3) is 5.50. The van der Waals surface area contributed by atoms with Crippen molar-refractivity contribution in [1.29, 1.82) is 0 Å². The molecule has 0 aromatic carbocycles. The van der Waals surface area contributed by atoms with Gasteiger partial charge in [0.1, 0.15) is 5.69 Å². The summed E-state index contributed by atoms with van der Waals surface area (Å²) in [5, 5.41) is 17.0. The first kappa shape index (κ1) is 24.4. The number of aromatic nitrogens is 4. The van der Waals surface area contributed by atoms with Crippen LogP contribution < -0.4 is 15.9 Å². The van der Waals surface area contributed by atoms with Crippen molar-refractivity contribution in [3.8, 4) is 11.4 Å². The molecule has 0 bridgehead atoms. The fraction of sp³-hybridized carbons (Fsp3) is 0.172. The molecule has 0 radical (unpaired) electrons. The molecule has 0 saturated heterocycles. The van der Waals surface area contributed by atoms with Gasteiger partial charge in [0.25, 0.3) is 0 Å². The van der Waals surface area contributed by atoms with Crippen LogP contribution in [0.15, 0.2) is 66.2 Å². The van der Waals surface area contributed by atoms with Crippen molar-refractivity contribution in [3.05, 3.63) is 105 Å². The van der Waals surface area contributed by atoms with Crippen molar-refractivity contribution in [2.24, 2.45) is 0 Å². The van der Waals surface area contributed by atoms with Gasteiger partial charge in [-0.25, -0.2) is 0 Å². The van der Waals surface area contributed by atoms with Crippen LogP contribution in [0.3, 0.4) is 0 Å². The van der Waals surface area contributed by atoms with Crippen LogP contribution in [0.4, 0.5) is 0 Å². The van der Waals surface area contributed by atoms with Crippen LogP contribution in [-0.4, -0.2) is 26.7 Å². The van der Waals surface area contributed by atoms with E-state index in [0.717, 1.165) is 63.0 Å². The number of nitrogens with zero attached hydrogens (tertiary/aromatic N) is 2. The quantitative estimate of drug-likeness (QED) is 0.288. The lowest BCUT2D eigenvalue weighted by atomic mass is 10.00. The molecule has 4 rings (SSSR count). The minimum absolute atomic E-state index is 0.814. The SMILES string of the molecule is C=C/C=C(/c1ccsc1)c1cc(-c2n[nH]/c(=C/C=C(\C)c3cncc(CNCC)c3)c2=C)[nH]c1C. The van der Waals surface area contributed by atoms with Crippen LogP contribution in [-0.2, 0) is 6.54 Å². The Balaban J connectivity index is 1.64. The van der Waals surface area contributed by atoms with E-state index in [9.17, 15) is 0 Å². The van der Waals surface area contributed by atoms with Crippen LogP contribution in [0, 0.1) is 6.92 Å². The molecule has 0 saturated carbocycles. The summed E-state index contributed by atoms with van der Waals surface area (Å²) in [6.07, 6.45) is 11.8. The molecule has 0 atom stereocenters. The van der Waals surface area contributed by atoms with Crippen molar-refractivity contribution in [3.63, 3.8) is 0 Å². The number of thiophene rings is 1. The van der Waals surface area contributed by atoms with E-state index >= 15 is 0 Å². The Morgan fingerprint density at radius 2 is 2.06 bits per heavy atom. The van der Waals surface area contributed by atoms with Crippen molar-refractivity contribution in [2.45, 2.75) is 27.3 Å². The van der Waals surface area contributed by atoms with E-state index < -0.39 is 0 Å². The average Bonchev–Trinajstić information content (AvgIpc) is 3.61. The zero-order valence-corrected chi connectivity index (χ0v) is 21.3. The first-order chi connectivity index (χ1) is 17.0. The van der Waals surface area contributed by atoms with Gasteiger partial charge in [-0.3, -0.25) is 10.1 Å². The van der Waals surface area contributed by atoms with Crippen LogP contribution >= 0.6 is 11.3 Å². The Kier molecular flexibility index (Phi) is 7.75. The molecule has 0 aliphatic rings. The molecule has 6 heteroatoms. The van der Waals surface area contributed by atoms with Crippen molar-refractivity contribution >= 4 is 35.1 Å². The fourth-order valence-electron chi connectivity index (χ4n) is 3.96. The first-order valence-electron chi connectivity index (χ1n) is 11.6. The molecule has 178 valence electrons. The van der Waals surface area contributed by atoms with Gasteiger partial charge >= 0.3 is 0 Å². The number of hydrogen-bond acceptors (Lipinski definition) is 4. The number of pyridine rings is 1. The summed E-state index contributed by atoms with van der Waals surface area (Å²) in [4.78, 5) is 7.88. The maximum atomic E-state index is 4.57. The molecule has 0 aliphatic carbocycles. The highest BCUT2D eigenvalue weighted by Crippen LogP contribution is 2.30. The Bertz CT molecular complexity index is 1480. The zero-order valence-electron chi connectivity index (χ0n) is 20.5. The zero-order chi connectivity index (χ0) is 24.8. The van der Waals surface area contributed by atoms with Gasteiger partial charge in [-0.15, -0.1) is 0 Å². The van der Waals surface area contributed by atoms with Gasteiger partial charge in [-0.1, -0.05) is 38.3 Å². The lowest BCUT2D eigenvalue weighted by Gasteiger charge is -2.05. The number of nitrogens with one attached hydrogen (secondary N) is 3. The second-order valence-electron chi connectivity index (χ2n) is 8.39. The van der Waals surface area contributed by atoms with Gasteiger partial charge < -0.3 is 10.3 Å². The highest BCUT2D eigenvalue weighted by molar-refractivity contribution is 7.08. The van der Waals surface area contributed by atoms with Gasteiger partial charge in [0, 0.05) is 35.4 Å². The smallest absolute Gasteiger partial charge is 0.116 e. The van der Waals surface area contributed by atoms with Crippen LogP contribution in [0.25, 0.3) is 35.2 Å². The van der Waals surface area contributed by atoms with E-state index in [1.165, 1.54) is 11.1 Å². The summed E-state index contributed by atoms with van der Waals surface area (Å²) in [5.41, 5.74) is 9.67. The van der Waals surface area contributed by atoms with Crippen molar-refractivity contribution in [1.82, 2.24) is 25.5 Å². The Labute approximate surface area is 210 Å². The largest absolute Gasteiger partial charge is 0.357 e. The molecule has 3 N–H and O–H groups in total. The predicted octanol–water partition coefficient (Wildman–Crippen LogP) is 5.19. The highest BCUT2D eigenvalue weighted by atomic mass is 32.1. The maximum absolute atomic E-state index is 4.57. The summed E-state index contributed by atoms with van der Waals surface area (Å²) in [6.45, 7) is 16.2. The molecule has 4 heterocycles. The Morgan fingerprint density at radius 3 is 2.80 bits per heavy atom. The minimum atomic E-state index is 0.814. The minimum Gasteiger partial charge on any atom is -0.357 e. The number of aryl methyl sites for hydroxylation is 1. The third-order valence-electron chi connectivity index (χ3n) is 5.91. The summed E-state index contributed by atoms with van der Waals surface area (Å²) in [5.74, 6) is 0. The van der Waals surface area contributed by atoms with Crippen LogP contribution in [0.5, 0.6) is 0 Å². The van der Waals surface area contributed by atoms with E-state index in [-0.39, 0.29) is 0 Å². The standard InChI is InChI=1S/C29H31N5S/c1-6-8-25(23-11-12-35-18-23)26-14-28(32-21(26)5)29-20(4)27(33-34-29)10-9-19(3)24-13-22(15-30-7-2)16-31-17-24/h6,8-14,16-18,30,32-33H,1,4,7,15H2,2-3,5H3/b19-9+,25-8-,27-10+. The molecule has 35 heavy (non-hydrogen) atoms. The first-order valence-corrected chi connectivity index (χ1v) is 12.6. The second-order valence-corrected chi connectivity index (χ2v) is 9.17. The van der Waals surface area contributed by atoms with Crippen molar-refractivity contribution in [2.75, 3.05) is 6.54 Å². The summed E-state index contributed by atoms with van der Waals surface area (Å²) < 4.78 is 0. The molecule has 0 amide bonds. The molecule has 0 unspecified atom stereocenters. The number of hydrogen-bond donors (Lipinski definition) is 3. The lowest BCUT2D eigenvalue weighted by Crippen LogP contribution is -2.21.